The standard InChI is InChI=1S/C34H23BN2/c35-31-21-19-29(20-22-31)33-23-32(28-15-11-26(12-16-28)24-7-3-1-4-8-24)36-34(37-33)30-17-13-27(14-18-30)25-9-5-2-6-10-25/h1-23H. The van der Waals surface area contributed by atoms with E-state index in [1.54, 1.807) is 0 Å². The summed E-state index contributed by atoms with van der Waals surface area (Å²) < 4.78 is 0. The molecule has 6 aromatic rings. The van der Waals surface area contributed by atoms with Crippen LogP contribution in [0.3, 0.4) is 0 Å². The predicted octanol–water partition coefficient (Wildman–Crippen LogP) is 7.61. The van der Waals surface area contributed by atoms with E-state index in [9.17, 15) is 0 Å². The van der Waals surface area contributed by atoms with Crippen LogP contribution >= 0.6 is 0 Å². The molecule has 2 radical (unpaired) electrons. The normalized spacial score (nSPS) is 10.8. The second-order valence-corrected chi connectivity index (χ2v) is 8.97. The molecule has 0 aliphatic heterocycles. The topological polar surface area (TPSA) is 25.8 Å². The van der Waals surface area contributed by atoms with E-state index >= 15 is 0 Å². The van der Waals surface area contributed by atoms with Crippen molar-refractivity contribution >= 4 is 13.3 Å². The monoisotopic (exact) mass is 470 g/mol. The lowest BCUT2D eigenvalue weighted by molar-refractivity contribution is 1.18. The minimum absolute atomic E-state index is 0.691. The lowest BCUT2D eigenvalue weighted by Crippen LogP contribution is -2.00. The van der Waals surface area contributed by atoms with Crippen molar-refractivity contribution in [2.24, 2.45) is 0 Å². The van der Waals surface area contributed by atoms with Crippen LogP contribution in [0, 0.1) is 0 Å². The lowest BCUT2D eigenvalue weighted by Gasteiger charge is -2.11. The average Bonchev–Trinajstić information content (AvgIpc) is 2.98. The summed E-state index contributed by atoms with van der Waals surface area (Å²) in [7, 11) is 5.94. The maximum atomic E-state index is 5.94. The first-order valence-electron chi connectivity index (χ1n) is 12.3. The van der Waals surface area contributed by atoms with Crippen molar-refractivity contribution < 1.29 is 0 Å². The Balaban J connectivity index is 1.42. The van der Waals surface area contributed by atoms with Gasteiger partial charge in [0.25, 0.3) is 0 Å². The van der Waals surface area contributed by atoms with Gasteiger partial charge in [0.1, 0.15) is 7.85 Å². The van der Waals surface area contributed by atoms with E-state index in [0.717, 1.165) is 39.1 Å². The van der Waals surface area contributed by atoms with Gasteiger partial charge in [-0.15, -0.1) is 0 Å². The quantitative estimate of drug-likeness (QED) is 0.243. The summed E-state index contributed by atoms with van der Waals surface area (Å²) in [6, 6.07) is 47.6. The Kier molecular flexibility index (Phi) is 6.18. The summed E-state index contributed by atoms with van der Waals surface area (Å²) in [5.74, 6) is 0.691. The number of rotatable bonds is 5. The second kappa shape index (κ2) is 10.1. The average molecular weight is 470 g/mol. The molecule has 5 aromatic carbocycles. The Bertz CT molecular complexity index is 1520. The van der Waals surface area contributed by atoms with Gasteiger partial charge >= 0.3 is 0 Å². The molecule has 2 nitrogen and oxygen atoms in total. The Morgan fingerprint density at radius 1 is 0.351 bits per heavy atom. The van der Waals surface area contributed by atoms with E-state index in [-0.39, 0.29) is 0 Å². The van der Waals surface area contributed by atoms with E-state index in [1.807, 2.05) is 42.5 Å². The van der Waals surface area contributed by atoms with Gasteiger partial charge in [0.05, 0.1) is 11.4 Å². The van der Waals surface area contributed by atoms with E-state index < -0.39 is 0 Å². The molecule has 0 aliphatic carbocycles. The van der Waals surface area contributed by atoms with Gasteiger partial charge in [-0.25, -0.2) is 9.97 Å². The molecule has 0 saturated heterocycles. The van der Waals surface area contributed by atoms with Gasteiger partial charge in [0.2, 0.25) is 0 Å². The smallest absolute Gasteiger partial charge is 0.160 e. The fourth-order valence-corrected chi connectivity index (χ4v) is 4.43. The molecule has 0 aliphatic rings. The number of hydrogen-bond donors (Lipinski definition) is 0. The number of aromatic nitrogens is 2. The summed E-state index contributed by atoms with van der Waals surface area (Å²) in [5.41, 5.74) is 10.2. The van der Waals surface area contributed by atoms with Crippen LogP contribution in [0.5, 0.6) is 0 Å². The fourth-order valence-electron chi connectivity index (χ4n) is 4.43. The van der Waals surface area contributed by atoms with Gasteiger partial charge in [-0.05, 0) is 28.3 Å². The van der Waals surface area contributed by atoms with Crippen molar-refractivity contribution in [3.05, 3.63) is 140 Å². The Morgan fingerprint density at radius 2 is 0.703 bits per heavy atom. The zero-order valence-corrected chi connectivity index (χ0v) is 20.3. The van der Waals surface area contributed by atoms with Gasteiger partial charge < -0.3 is 0 Å². The van der Waals surface area contributed by atoms with Crippen molar-refractivity contribution in [1.82, 2.24) is 9.97 Å². The van der Waals surface area contributed by atoms with Crippen molar-refractivity contribution in [3.63, 3.8) is 0 Å². The van der Waals surface area contributed by atoms with Crippen molar-refractivity contribution in [2.45, 2.75) is 0 Å². The molecule has 1 aromatic heterocycles. The van der Waals surface area contributed by atoms with Gasteiger partial charge in [0.15, 0.2) is 5.82 Å². The van der Waals surface area contributed by atoms with Crippen LogP contribution in [-0.4, -0.2) is 17.8 Å². The minimum atomic E-state index is 0.691. The summed E-state index contributed by atoms with van der Waals surface area (Å²) in [5, 5.41) is 0. The molecule has 0 bridgehead atoms. The maximum absolute atomic E-state index is 5.94. The van der Waals surface area contributed by atoms with E-state index in [2.05, 4.69) is 97.1 Å². The van der Waals surface area contributed by atoms with E-state index in [0.29, 0.717) is 5.82 Å². The first-order chi connectivity index (χ1) is 18.2. The van der Waals surface area contributed by atoms with Crippen LogP contribution in [0.4, 0.5) is 0 Å². The summed E-state index contributed by atoms with van der Waals surface area (Å²) in [4.78, 5) is 9.93. The van der Waals surface area contributed by atoms with Crippen molar-refractivity contribution in [3.8, 4) is 56.2 Å². The molecular formula is C34H23BN2. The SMILES string of the molecule is [B]c1ccc(-c2cc(-c3ccc(-c4ccccc4)cc3)nc(-c3ccc(-c4ccccc4)cc3)n2)cc1. The fraction of sp³-hybridized carbons (Fsp3) is 0. The van der Waals surface area contributed by atoms with Crippen LogP contribution < -0.4 is 5.46 Å². The zero-order chi connectivity index (χ0) is 25.0. The Morgan fingerprint density at radius 3 is 1.16 bits per heavy atom. The Labute approximate surface area is 218 Å². The molecule has 6 rings (SSSR count). The molecule has 0 spiro atoms. The number of hydrogen-bond acceptors (Lipinski definition) is 2. The zero-order valence-electron chi connectivity index (χ0n) is 20.3. The van der Waals surface area contributed by atoms with Gasteiger partial charge in [-0.2, -0.15) is 0 Å². The van der Waals surface area contributed by atoms with Crippen LogP contribution in [0.1, 0.15) is 0 Å². The molecule has 37 heavy (non-hydrogen) atoms. The van der Waals surface area contributed by atoms with Gasteiger partial charge in [-0.1, -0.05) is 139 Å². The first-order valence-corrected chi connectivity index (χ1v) is 12.3. The maximum Gasteiger partial charge on any atom is 0.160 e. The van der Waals surface area contributed by atoms with E-state index in [1.165, 1.54) is 16.7 Å². The first kappa shape index (κ1) is 22.7. The molecule has 1 heterocycles. The second-order valence-electron chi connectivity index (χ2n) is 8.97. The van der Waals surface area contributed by atoms with Crippen LogP contribution in [-0.2, 0) is 0 Å². The lowest BCUT2D eigenvalue weighted by atomic mass is 9.94. The summed E-state index contributed by atoms with van der Waals surface area (Å²) >= 11 is 0. The Hall–Kier alpha value is -4.76. The van der Waals surface area contributed by atoms with Crippen molar-refractivity contribution in [2.75, 3.05) is 0 Å². The summed E-state index contributed by atoms with van der Waals surface area (Å²) in [6.45, 7) is 0. The molecule has 3 heteroatoms. The number of nitrogens with zero attached hydrogens (tertiary/aromatic N) is 2. The molecule has 0 N–H and O–H groups in total. The van der Waals surface area contributed by atoms with Crippen LogP contribution in [0.25, 0.3) is 56.2 Å². The largest absolute Gasteiger partial charge is 0.228 e. The summed E-state index contributed by atoms with van der Waals surface area (Å²) in [6.07, 6.45) is 0. The van der Waals surface area contributed by atoms with Gasteiger partial charge in [0, 0.05) is 16.7 Å². The van der Waals surface area contributed by atoms with E-state index in [4.69, 9.17) is 17.8 Å². The third kappa shape index (κ3) is 4.98. The molecule has 172 valence electrons. The highest BCUT2D eigenvalue weighted by Crippen LogP contribution is 2.30. The highest BCUT2D eigenvalue weighted by molar-refractivity contribution is 6.32. The third-order valence-electron chi connectivity index (χ3n) is 6.47. The third-order valence-corrected chi connectivity index (χ3v) is 6.47. The van der Waals surface area contributed by atoms with Crippen molar-refractivity contribution in [1.29, 1.82) is 0 Å². The van der Waals surface area contributed by atoms with Crippen LogP contribution in [0.15, 0.2) is 140 Å². The molecule has 0 saturated carbocycles. The highest BCUT2D eigenvalue weighted by atomic mass is 14.9. The minimum Gasteiger partial charge on any atom is -0.228 e. The predicted molar refractivity (Wildman–Crippen MR) is 155 cm³/mol. The van der Waals surface area contributed by atoms with Crippen LogP contribution in [0.2, 0.25) is 0 Å². The molecule has 0 amide bonds. The van der Waals surface area contributed by atoms with Gasteiger partial charge in [-0.3, -0.25) is 0 Å². The molecule has 0 fully saturated rings. The molecule has 0 unspecified atom stereocenters. The number of benzene rings is 5. The highest BCUT2D eigenvalue weighted by Gasteiger charge is 2.11. The molecular weight excluding hydrogens is 447 g/mol. The molecule has 0 atom stereocenters.